The van der Waals surface area contributed by atoms with Gasteiger partial charge in [0.05, 0.1) is 0 Å². The fourth-order valence-electron chi connectivity index (χ4n) is 1.47. The van der Waals surface area contributed by atoms with Crippen molar-refractivity contribution in [3.63, 3.8) is 0 Å². The highest BCUT2D eigenvalue weighted by molar-refractivity contribution is 5.47. The Labute approximate surface area is 104 Å². The summed E-state index contributed by atoms with van der Waals surface area (Å²) in [7, 11) is 1.89. The Hall–Kier alpha value is -1.32. The van der Waals surface area contributed by atoms with Crippen LogP contribution in [0.2, 0.25) is 0 Å². The van der Waals surface area contributed by atoms with Crippen LogP contribution >= 0.6 is 0 Å². The summed E-state index contributed by atoms with van der Waals surface area (Å²) in [5, 5.41) is 6.45. The topological polar surface area (TPSA) is 49.8 Å². The lowest BCUT2D eigenvalue weighted by molar-refractivity contribution is 0.592. The summed E-state index contributed by atoms with van der Waals surface area (Å²) in [6.07, 6.45) is 3.17. The first kappa shape index (κ1) is 13.7. The average Bonchev–Trinajstić information content (AvgIpc) is 2.36. The van der Waals surface area contributed by atoms with Crippen molar-refractivity contribution in [2.75, 3.05) is 24.2 Å². The largest absolute Gasteiger partial charge is 0.373 e. The average molecular weight is 236 g/mol. The third-order valence-electron chi connectivity index (χ3n) is 2.83. The Kier molecular flexibility index (Phi) is 5.73. The van der Waals surface area contributed by atoms with E-state index in [0.717, 1.165) is 36.8 Å². The number of hydrogen-bond acceptors (Lipinski definition) is 4. The molecule has 0 aliphatic heterocycles. The molecular weight excluding hydrogens is 212 g/mol. The van der Waals surface area contributed by atoms with Crippen molar-refractivity contribution in [3.8, 4) is 0 Å². The van der Waals surface area contributed by atoms with Crippen LogP contribution in [0.1, 0.15) is 39.4 Å². The zero-order valence-electron chi connectivity index (χ0n) is 11.4. The van der Waals surface area contributed by atoms with Gasteiger partial charge >= 0.3 is 0 Å². The standard InChI is InChI=1S/C13H24N4/c1-5-7-11-16-12(14-4)8-13(17-11)15-9-10(3)6-2/h8,10H,5-7,9H2,1-4H3,(H2,14,15,16,17). The molecule has 1 rings (SSSR count). The molecule has 2 N–H and O–H groups in total. The lowest BCUT2D eigenvalue weighted by Crippen LogP contribution is -2.13. The normalized spacial score (nSPS) is 12.2. The molecule has 96 valence electrons. The number of nitrogens with zero attached hydrogens (tertiary/aromatic N) is 2. The molecule has 0 aliphatic rings. The third-order valence-corrected chi connectivity index (χ3v) is 2.83. The van der Waals surface area contributed by atoms with Crippen molar-refractivity contribution in [1.29, 1.82) is 0 Å². The Morgan fingerprint density at radius 1 is 1.24 bits per heavy atom. The number of anilines is 2. The first-order chi connectivity index (χ1) is 8.19. The molecule has 0 aromatic carbocycles. The Morgan fingerprint density at radius 2 is 1.94 bits per heavy atom. The van der Waals surface area contributed by atoms with Crippen molar-refractivity contribution in [1.82, 2.24) is 9.97 Å². The van der Waals surface area contributed by atoms with Crippen molar-refractivity contribution < 1.29 is 0 Å². The maximum absolute atomic E-state index is 4.52. The summed E-state index contributed by atoms with van der Waals surface area (Å²) in [5.41, 5.74) is 0. The van der Waals surface area contributed by atoms with Crippen LogP contribution in [0.4, 0.5) is 11.6 Å². The van der Waals surface area contributed by atoms with Gasteiger partial charge in [-0.05, 0) is 12.3 Å². The summed E-state index contributed by atoms with van der Waals surface area (Å²) >= 11 is 0. The summed E-state index contributed by atoms with van der Waals surface area (Å²) in [6, 6.07) is 1.96. The number of aromatic nitrogens is 2. The maximum atomic E-state index is 4.52. The second-order valence-corrected chi connectivity index (χ2v) is 4.45. The molecule has 1 atom stereocenters. The lowest BCUT2D eigenvalue weighted by atomic mass is 10.1. The van der Waals surface area contributed by atoms with E-state index >= 15 is 0 Å². The van der Waals surface area contributed by atoms with Crippen LogP contribution in [0.5, 0.6) is 0 Å². The van der Waals surface area contributed by atoms with Crippen LogP contribution in [0.15, 0.2) is 6.07 Å². The Balaban J connectivity index is 2.72. The molecule has 1 unspecified atom stereocenters. The van der Waals surface area contributed by atoms with E-state index in [-0.39, 0.29) is 0 Å². The molecule has 0 spiro atoms. The van der Waals surface area contributed by atoms with Crippen molar-refractivity contribution >= 4 is 11.6 Å². The Morgan fingerprint density at radius 3 is 2.53 bits per heavy atom. The molecule has 0 aliphatic carbocycles. The molecule has 0 radical (unpaired) electrons. The smallest absolute Gasteiger partial charge is 0.133 e. The minimum Gasteiger partial charge on any atom is -0.373 e. The molecule has 0 saturated heterocycles. The van der Waals surface area contributed by atoms with Crippen LogP contribution in [-0.2, 0) is 6.42 Å². The van der Waals surface area contributed by atoms with E-state index in [1.165, 1.54) is 6.42 Å². The number of nitrogens with one attached hydrogen (secondary N) is 2. The van der Waals surface area contributed by atoms with E-state index in [1.54, 1.807) is 0 Å². The lowest BCUT2D eigenvalue weighted by Gasteiger charge is -2.12. The first-order valence-electron chi connectivity index (χ1n) is 6.49. The van der Waals surface area contributed by atoms with E-state index < -0.39 is 0 Å². The molecular formula is C13H24N4. The monoisotopic (exact) mass is 236 g/mol. The fraction of sp³-hybridized carbons (Fsp3) is 0.692. The number of hydrogen-bond donors (Lipinski definition) is 2. The summed E-state index contributed by atoms with van der Waals surface area (Å²) in [4.78, 5) is 8.94. The highest BCUT2D eigenvalue weighted by atomic mass is 15.1. The van der Waals surface area contributed by atoms with E-state index in [9.17, 15) is 0 Å². The fourth-order valence-corrected chi connectivity index (χ4v) is 1.47. The molecule has 17 heavy (non-hydrogen) atoms. The van der Waals surface area contributed by atoms with Gasteiger partial charge in [0, 0.05) is 26.1 Å². The zero-order chi connectivity index (χ0) is 12.7. The van der Waals surface area contributed by atoms with Crippen LogP contribution < -0.4 is 10.6 Å². The summed E-state index contributed by atoms with van der Waals surface area (Å²) in [6.45, 7) is 7.54. The minimum absolute atomic E-state index is 0.664. The van der Waals surface area contributed by atoms with Gasteiger partial charge in [0.1, 0.15) is 17.5 Å². The molecule has 1 heterocycles. The van der Waals surface area contributed by atoms with Crippen LogP contribution in [0.25, 0.3) is 0 Å². The molecule has 1 aromatic rings. The van der Waals surface area contributed by atoms with Crippen LogP contribution in [-0.4, -0.2) is 23.6 Å². The van der Waals surface area contributed by atoms with Crippen LogP contribution in [0, 0.1) is 5.92 Å². The van der Waals surface area contributed by atoms with Crippen molar-refractivity contribution in [3.05, 3.63) is 11.9 Å². The second kappa shape index (κ2) is 7.09. The molecule has 0 amide bonds. The molecule has 4 heteroatoms. The molecule has 4 nitrogen and oxygen atoms in total. The van der Waals surface area contributed by atoms with Gasteiger partial charge in [0.25, 0.3) is 0 Å². The second-order valence-electron chi connectivity index (χ2n) is 4.45. The van der Waals surface area contributed by atoms with Gasteiger partial charge in [-0.1, -0.05) is 27.2 Å². The molecule has 0 bridgehead atoms. The molecule has 0 saturated carbocycles. The van der Waals surface area contributed by atoms with Gasteiger partial charge in [-0.15, -0.1) is 0 Å². The number of aryl methyl sites for hydroxylation is 1. The van der Waals surface area contributed by atoms with Gasteiger partial charge in [-0.25, -0.2) is 9.97 Å². The van der Waals surface area contributed by atoms with Gasteiger partial charge < -0.3 is 10.6 Å². The highest BCUT2D eigenvalue weighted by Gasteiger charge is 2.04. The maximum Gasteiger partial charge on any atom is 0.133 e. The quantitative estimate of drug-likeness (QED) is 0.764. The van der Waals surface area contributed by atoms with Crippen LogP contribution in [0.3, 0.4) is 0 Å². The highest BCUT2D eigenvalue weighted by Crippen LogP contribution is 2.13. The SMILES string of the molecule is CCCc1nc(NC)cc(NCC(C)CC)n1. The minimum atomic E-state index is 0.664. The van der Waals surface area contributed by atoms with E-state index in [0.29, 0.717) is 5.92 Å². The van der Waals surface area contributed by atoms with Gasteiger partial charge in [0.15, 0.2) is 0 Å². The molecule has 1 aromatic heterocycles. The third kappa shape index (κ3) is 4.59. The van der Waals surface area contributed by atoms with Gasteiger partial charge in [-0.3, -0.25) is 0 Å². The first-order valence-corrected chi connectivity index (χ1v) is 6.49. The van der Waals surface area contributed by atoms with Gasteiger partial charge in [-0.2, -0.15) is 0 Å². The molecule has 0 fully saturated rings. The summed E-state index contributed by atoms with van der Waals surface area (Å²) < 4.78 is 0. The van der Waals surface area contributed by atoms with Crippen molar-refractivity contribution in [2.45, 2.75) is 40.0 Å². The van der Waals surface area contributed by atoms with Gasteiger partial charge in [0.2, 0.25) is 0 Å². The van der Waals surface area contributed by atoms with Crippen molar-refractivity contribution in [2.24, 2.45) is 5.92 Å². The number of rotatable bonds is 7. The summed E-state index contributed by atoms with van der Waals surface area (Å²) in [5.74, 6) is 3.38. The predicted molar refractivity (Wildman–Crippen MR) is 73.5 cm³/mol. The van der Waals surface area contributed by atoms with E-state index in [1.807, 2.05) is 13.1 Å². The zero-order valence-corrected chi connectivity index (χ0v) is 11.4. The van der Waals surface area contributed by atoms with E-state index in [2.05, 4.69) is 41.4 Å². The Bertz CT molecular complexity index is 338. The van der Waals surface area contributed by atoms with E-state index in [4.69, 9.17) is 0 Å². The predicted octanol–water partition coefficient (Wildman–Crippen LogP) is 2.93.